The number of aliphatic hydroxyl groups excluding tert-OH is 4. The number of rotatable bonds is 5. The summed E-state index contributed by atoms with van der Waals surface area (Å²) in [5, 5.41) is 43.5. The van der Waals surface area contributed by atoms with Gasteiger partial charge in [0.05, 0.1) is 6.61 Å². The van der Waals surface area contributed by atoms with Gasteiger partial charge in [-0.1, -0.05) is 5.11 Å². The minimum absolute atomic E-state index is 0.0975. The Hall–Kier alpha value is -2.21. The fraction of sp³-hybridized carbons (Fsp3) is 0.600. The highest BCUT2D eigenvalue weighted by Gasteiger charge is 2.54. The number of azide groups is 1. The first-order chi connectivity index (χ1) is 10.5. The summed E-state index contributed by atoms with van der Waals surface area (Å²) in [5.41, 5.74) is 5.56. The molecular formula is C10H14N6O6. The van der Waals surface area contributed by atoms with Gasteiger partial charge >= 0.3 is 5.69 Å². The molecule has 0 spiro atoms. The first kappa shape index (κ1) is 16.2. The van der Waals surface area contributed by atoms with E-state index < -0.39 is 43.2 Å². The molecule has 0 saturated carbocycles. The van der Waals surface area contributed by atoms with E-state index in [9.17, 15) is 20.1 Å². The lowest BCUT2D eigenvalue weighted by molar-refractivity contribution is -0.125. The van der Waals surface area contributed by atoms with Crippen molar-refractivity contribution in [3.63, 3.8) is 0 Å². The molecule has 0 bridgehead atoms. The summed E-state index contributed by atoms with van der Waals surface area (Å²) >= 11 is 0. The zero-order valence-corrected chi connectivity index (χ0v) is 11.1. The van der Waals surface area contributed by atoms with Gasteiger partial charge in [-0.15, -0.1) is 0 Å². The van der Waals surface area contributed by atoms with Crippen LogP contribution >= 0.6 is 0 Å². The molecule has 1 aliphatic heterocycles. The van der Waals surface area contributed by atoms with Gasteiger partial charge in [0, 0.05) is 11.1 Å². The maximum atomic E-state index is 11.9. The average Bonchev–Trinajstić information content (AvgIpc) is 2.74. The summed E-state index contributed by atoms with van der Waals surface area (Å²) in [5.74, 6) is 0.0975. The van der Waals surface area contributed by atoms with E-state index in [-0.39, 0.29) is 5.82 Å². The Morgan fingerprint density at radius 1 is 1.55 bits per heavy atom. The molecule has 1 aliphatic rings. The lowest BCUT2D eigenvalue weighted by Crippen LogP contribution is -2.44. The number of aromatic nitrogens is 2. The number of nitrogens with zero attached hydrogens (tertiary/aromatic N) is 5. The Balaban J connectivity index is 2.38. The van der Waals surface area contributed by atoms with E-state index in [1.54, 1.807) is 0 Å². The third-order valence-corrected chi connectivity index (χ3v) is 3.21. The Kier molecular flexibility index (Phi) is 4.61. The van der Waals surface area contributed by atoms with E-state index in [4.69, 9.17) is 15.4 Å². The minimum atomic E-state index is -2.10. The SMILES string of the molecule is [N-]=[N+]=N[C@]1(CO)O[C@@H](n2ccc(NCO)nc2=O)[C@H](O)[C@@H]1O. The molecule has 12 nitrogen and oxygen atoms in total. The standard InChI is InChI=1S/C10H14N6O6/c11-15-14-10(3-17)7(20)6(19)8(22-10)16-2-1-5(12-4-18)13-9(16)21/h1-2,6-8,17-20H,3-4H2,(H,12,13,21)/t6-,7+,8-,10-/m1/s1. The first-order valence-electron chi connectivity index (χ1n) is 6.14. The predicted molar refractivity (Wildman–Crippen MR) is 70.3 cm³/mol. The summed E-state index contributed by atoms with van der Waals surface area (Å²) < 4.78 is 6.07. The third kappa shape index (κ3) is 2.62. The maximum absolute atomic E-state index is 11.9. The minimum Gasteiger partial charge on any atom is -0.393 e. The van der Waals surface area contributed by atoms with Crippen LogP contribution in [-0.2, 0) is 4.74 Å². The van der Waals surface area contributed by atoms with Crippen LogP contribution in [-0.4, -0.2) is 61.2 Å². The highest BCUT2D eigenvalue weighted by atomic mass is 16.6. The average molecular weight is 314 g/mol. The molecule has 1 aromatic heterocycles. The fourth-order valence-corrected chi connectivity index (χ4v) is 2.10. The van der Waals surface area contributed by atoms with E-state index in [0.29, 0.717) is 0 Å². The molecule has 1 aromatic rings. The van der Waals surface area contributed by atoms with Gasteiger partial charge in [0.1, 0.15) is 24.8 Å². The van der Waals surface area contributed by atoms with Gasteiger partial charge in [-0.05, 0) is 11.6 Å². The molecule has 1 saturated heterocycles. The van der Waals surface area contributed by atoms with Crippen LogP contribution < -0.4 is 11.0 Å². The van der Waals surface area contributed by atoms with Crippen LogP contribution in [0.5, 0.6) is 0 Å². The van der Waals surface area contributed by atoms with E-state index in [0.717, 1.165) is 4.57 Å². The molecule has 120 valence electrons. The molecule has 4 atom stereocenters. The summed E-state index contributed by atoms with van der Waals surface area (Å²) in [6.07, 6.45) is -3.57. The molecular weight excluding hydrogens is 300 g/mol. The van der Waals surface area contributed by atoms with Gasteiger partial charge in [0.25, 0.3) is 0 Å². The highest BCUT2D eigenvalue weighted by molar-refractivity contribution is 5.31. The van der Waals surface area contributed by atoms with Crippen molar-refractivity contribution in [2.24, 2.45) is 5.11 Å². The molecule has 0 aromatic carbocycles. The van der Waals surface area contributed by atoms with Crippen molar-refractivity contribution < 1.29 is 25.2 Å². The number of aliphatic hydroxyl groups is 4. The second-order valence-electron chi connectivity index (χ2n) is 4.47. The number of hydrogen-bond acceptors (Lipinski definition) is 9. The summed E-state index contributed by atoms with van der Waals surface area (Å²) in [6, 6.07) is 1.33. The Morgan fingerprint density at radius 3 is 2.82 bits per heavy atom. The quantitative estimate of drug-likeness (QED) is 0.176. The predicted octanol–water partition coefficient (Wildman–Crippen LogP) is -2.15. The molecule has 2 rings (SSSR count). The van der Waals surface area contributed by atoms with Gasteiger partial charge in [0.2, 0.25) is 5.72 Å². The first-order valence-corrected chi connectivity index (χ1v) is 6.14. The van der Waals surface area contributed by atoms with Crippen molar-refractivity contribution >= 4 is 5.82 Å². The van der Waals surface area contributed by atoms with E-state index in [1.165, 1.54) is 12.3 Å². The van der Waals surface area contributed by atoms with Crippen molar-refractivity contribution in [2.45, 2.75) is 24.2 Å². The summed E-state index contributed by atoms with van der Waals surface area (Å²) in [7, 11) is 0. The van der Waals surface area contributed by atoms with Crippen LogP contribution in [0.15, 0.2) is 22.2 Å². The molecule has 1 fully saturated rings. The van der Waals surface area contributed by atoms with Crippen LogP contribution in [0.1, 0.15) is 6.23 Å². The van der Waals surface area contributed by atoms with E-state index in [1.807, 2.05) is 0 Å². The van der Waals surface area contributed by atoms with Crippen LogP contribution in [0, 0.1) is 0 Å². The van der Waals surface area contributed by atoms with Gasteiger partial charge in [-0.3, -0.25) is 4.57 Å². The van der Waals surface area contributed by atoms with Crippen LogP contribution in [0.25, 0.3) is 10.4 Å². The molecule has 0 unspecified atom stereocenters. The van der Waals surface area contributed by atoms with Gasteiger partial charge in [-0.2, -0.15) is 4.98 Å². The monoisotopic (exact) mass is 314 g/mol. The van der Waals surface area contributed by atoms with Gasteiger partial charge < -0.3 is 30.5 Å². The Bertz CT molecular complexity index is 645. The van der Waals surface area contributed by atoms with Crippen LogP contribution in [0.4, 0.5) is 5.82 Å². The van der Waals surface area contributed by atoms with Crippen molar-refractivity contribution in [2.75, 3.05) is 18.7 Å². The van der Waals surface area contributed by atoms with Crippen LogP contribution in [0.2, 0.25) is 0 Å². The second kappa shape index (κ2) is 6.27. The smallest absolute Gasteiger partial charge is 0.351 e. The highest BCUT2D eigenvalue weighted by Crippen LogP contribution is 2.37. The van der Waals surface area contributed by atoms with Crippen molar-refractivity contribution in [1.82, 2.24) is 9.55 Å². The summed E-state index contributed by atoms with van der Waals surface area (Å²) in [6.45, 7) is -1.32. The third-order valence-electron chi connectivity index (χ3n) is 3.21. The topological polar surface area (TPSA) is 186 Å². The van der Waals surface area contributed by atoms with Gasteiger partial charge in [-0.25, -0.2) is 4.79 Å². The lowest BCUT2D eigenvalue weighted by Gasteiger charge is -2.23. The van der Waals surface area contributed by atoms with Crippen LogP contribution in [0.3, 0.4) is 0 Å². The second-order valence-corrected chi connectivity index (χ2v) is 4.47. The molecule has 0 radical (unpaired) electrons. The molecule has 2 heterocycles. The number of hydrogen-bond donors (Lipinski definition) is 5. The lowest BCUT2D eigenvalue weighted by atomic mass is 10.1. The van der Waals surface area contributed by atoms with Crippen molar-refractivity contribution in [1.29, 1.82) is 0 Å². The maximum Gasteiger partial charge on any atom is 0.351 e. The molecule has 12 heteroatoms. The number of ether oxygens (including phenoxy) is 1. The van der Waals surface area contributed by atoms with Gasteiger partial charge in [0.15, 0.2) is 6.23 Å². The zero-order chi connectivity index (χ0) is 16.3. The zero-order valence-electron chi connectivity index (χ0n) is 11.1. The largest absolute Gasteiger partial charge is 0.393 e. The normalized spacial score (nSPS) is 30.8. The molecule has 0 amide bonds. The fourth-order valence-electron chi connectivity index (χ4n) is 2.10. The number of nitrogens with one attached hydrogen (secondary N) is 1. The van der Waals surface area contributed by atoms with E-state index in [2.05, 4.69) is 20.3 Å². The number of anilines is 1. The van der Waals surface area contributed by atoms with E-state index >= 15 is 0 Å². The Labute approximate surface area is 122 Å². The summed E-state index contributed by atoms with van der Waals surface area (Å²) in [4.78, 5) is 17.9. The molecule has 0 aliphatic carbocycles. The Morgan fingerprint density at radius 2 is 2.27 bits per heavy atom. The molecule has 5 N–H and O–H groups in total. The van der Waals surface area contributed by atoms with Crippen molar-refractivity contribution in [3.8, 4) is 0 Å². The molecule has 22 heavy (non-hydrogen) atoms. The van der Waals surface area contributed by atoms with Crippen molar-refractivity contribution in [3.05, 3.63) is 33.2 Å².